The van der Waals surface area contributed by atoms with E-state index in [2.05, 4.69) is 5.32 Å². The molecule has 1 atom stereocenters. The van der Waals surface area contributed by atoms with Gasteiger partial charge in [0.2, 0.25) is 5.91 Å². The Kier molecular flexibility index (Phi) is 4.85. The highest BCUT2D eigenvalue weighted by molar-refractivity contribution is 5.92. The molecule has 5 nitrogen and oxygen atoms in total. The highest BCUT2D eigenvalue weighted by Gasteiger charge is 2.20. The van der Waals surface area contributed by atoms with Crippen molar-refractivity contribution in [3.8, 4) is 0 Å². The molecule has 0 heterocycles. The summed E-state index contributed by atoms with van der Waals surface area (Å²) in [6.45, 7) is 4.06. The standard InChI is InChI=1S/C13H18N2O3/c1-8(2)11(13(17)18)15-7-9-4-3-5-10(6-9)12(14)16/h3-6,8,11,15H,7H2,1-2H3,(H2,14,16)(H,17,18). The summed E-state index contributed by atoms with van der Waals surface area (Å²) in [6.07, 6.45) is 0. The number of nitrogens with two attached hydrogens (primary N) is 1. The Morgan fingerprint density at radius 2 is 2.06 bits per heavy atom. The second-order valence-corrected chi connectivity index (χ2v) is 4.51. The molecule has 1 rings (SSSR count). The summed E-state index contributed by atoms with van der Waals surface area (Å²) in [7, 11) is 0. The SMILES string of the molecule is CC(C)C(NCc1cccc(C(N)=O)c1)C(=O)O. The Morgan fingerprint density at radius 1 is 1.39 bits per heavy atom. The van der Waals surface area contributed by atoms with E-state index in [0.29, 0.717) is 12.1 Å². The van der Waals surface area contributed by atoms with Gasteiger partial charge in [0.1, 0.15) is 6.04 Å². The van der Waals surface area contributed by atoms with Gasteiger partial charge >= 0.3 is 5.97 Å². The number of hydrogen-bond donors (Lipinski definition) is 3. The highest BCUT2D eigenvalue weighted by Crippen LogP contribution is 2.07. The number of nitrogens with one attached hydrogen (secondary N) is 1. The van der Waals surface area contributed by atoms with E-state index in [4.69, 9.17) is 10.8 Å². The van der Waals surface area contributed by atoms with E-state index in [0.717, 1.165) is 5.56 Å². The first-order valence-corrected chi connectivity index (χ1v) is 5.76. The zero-order chi connectivity index (χ0) is 13.7. The molecule has 0 aromatic heterocycles. The Balaban J connectivity index is 2.70. The van der Waals surface area contributed by atoms with E-state index >= 15 is 0 Å². The van der Waals surface area contributed by atoms with Gasteiger partial charge in [-0.05, 0) is 23.6 Å². The van der Waals surface area contributed by atoms with Crippen molar-refractivity contribution in [3.63, 3.8) is 0 Å². The summed E-state index contributed by atoms with van der Waals surface area (Å²) < 4.78 is 0. The average Bonchev–Trinajstić information content (AvgIpc) is 2.28. The Labute approximate surface area is 106 Å². The van der Waals surface area contributed by atoms with Crippen LogP contribution >= 0.6 is 0 Å². The molecule has 0 bridgehead atoms. The minimum atomic E-state index is -0.879. The number of primary amides is 1. The second kappa shape index (κ2) is 6.16. The summed E-state index contributed by atoms with van der Waals surface area (Å²) in [5, 5.41) is 12.0. The van der Waals surface area contributed by atoms with Crippen LogP contribution in [0.5, 0.6) is 0 Å². The Morgan fingerprint density at radius 3 is 2.56 bits per heavy atom. The zero-order valence-electron chi connectivity index (χ0n) is 10.5. The molecule has 4 N–H and O–H groups in total. The number of amides is 1. The van der Waals surface area contributed by atoms with Gasteiger partial charge in [-0.2, -0.15) is 0 Å². The van der Waals surface area contributed by atoms with Gasteiger partial charge in [0.15, 0.2) is 0 Å². The number of aliphatic carboxylic acids is 1. The molecule has 18 heavy (non-hydrogen) atoms. The predicted octanol–water partition coefficient (Wildman–Crippen LogP) is 0.984. The van der Waals surface area contributed by atoms with Crippen molar-refractivity contribution in [3.05, 3.63) is 35.4 Å². The summed E-state index contributed by atoms with van der Waals surface area (Å²) in [5.74, 6) is -1.38. The fourth-order valence-electron chi connectivity index (χ4n) is 1.67. The van der Waals surface area contributed by atoms with E-state index in [9.17, 15) is 9.59 Å². The van der Waals surface area contributed by atoms with Crippen molar-refractivity contribution in [2.75, 3.05) is 0 Å². The van der Waals surface area contributed by atoms with Crippen LogP contribution in [0.3, 0.4) is 0 Å². The molecule has 5 heteroatoms. The van der Waals surface area contributed by atoms with Gasteiger partial charge in [-0.3, -0.25) is 9.59 Å². The summed E-state index contributed by atoms with van der Waals surface area (Å²) in [4.78, 5) is 22.0. The van der Waals surface area contributed by atoms with Crippen molar-refractivity contribution in [1.29, 1.82) is 0 Å². The normalized spacial score (nSPS) is 12.4. The molecule has 0 radical (unpaired) electrons. The van der Waals surface area contributed by atoms with Crippen LogP contribution in [0.15, 0.2) is 24.3 Å². The monoisotopic (exact) mass is 250 g/mol. The maximum atomic E-state index is 11.0. The molecule has 1 amide bonds. The van der Waals surface area contributed by atoms with Crippen LogP contribution in [-0.4, -0.2) is 23.0 Å². The maximum Gasteiger partial charge on any atom is 0.320 e. The third kappa shape index (κ3) is 3.85. The molecule has 0 saturated carbocycles. The average molecular weight is 250 g/mol. The van der Waals surface area contributed by atoms with Crippen LogP contribution in [-0.2, 0) is 11.3 Å². The third-order valence-electron chi connectivity index (χ3n) is 2.67. The number of carboxylic acids is 1. The van der Waals surface area contributed by atoms with Gasteiger partial charge in [0.25, 0.3) is 0 Å². The lowest BCUT2D eigenvalue weighted by atomic mass is 10.0. The van der Waals surface area contributed by atoms with Crippen LogP contribution < -0.4 is 11.1 Å². The number of carboxylic acid groups (broad SMARTS) is 1. The molecule has 0 aliphatic rings. The first-order valence-electron chi connectivity index (χ1n) is 5.76. The number of carbonyl (C=O) groups excluding carboxylic acids is 1. The fraction of sp³-hybridized carbons (Fsp3) is 0.385. The lowest BCUT2D eigenvalue weighted by Gasteiger charge is -2.18. The van der Waals surface area contributed by atoms with Crippen molar-refractivity contribution >= 4 is 11.9 Å². The third-order valence-corrected chi connectivity index (χ3v) is 2.67. The molecule has 0 saturated heterocycles. The van der Waals surface area contributed by atoms with E-state index < -0.39 is 17.9 Å². The summed E-state index contributed by atoms with van der Waals surface area (Å²) in [6, 6.07) is 6.22. The van der Waals surface area contributed by atoms with Gasteiger partial charge in [-0.15, -0.1) is 0 Å². The Hall–Kier alpha value is -1.88. The van der Waals surface area contributed by atoms with Gasteiger partial charge in [0.05, 0.1) is 0 Å². The molecule has 0 aliphatic heterocycles. The first-order chi connectivity index (χ1) is 8.41. The van der Waals surface area contributed by atoms with Crippen LogP contribution in [0.2, 0.25) is 0 Å². The van der Waals surface area contributed by atoms with Gasteiger partial charge in [-0.25, -0.2) is 0 Å². The summed E-state index contributed by atoms with van der Waals surface area (Å²) in [5.41, 5.74) is 6.44. The zero-order valence-corrected chi connectivity index (χ0v) is 10.5. The molecule has 1 aromatic rings. The second-order valence-electron chi connectivity index (χ2n) is 4.51. The lowest BCUT2D eigenvalue weighted by molar-refractivity contribution is -0.140. The molecule has 0 spiro atoms. The van der Waals surface area contributed by atoms with Gasteiger partial charge in [-0.1, -0.05) is 26.0 Å². The van der Waals surface area contributed by atoms with Crippen molar-refractivity contribution in [1.82, 2.24) is 5.32 Å². The number of rotatable bonds is 6. The predicted molar refractivity (Wildman–Crippen MR) is 68.1 cm³/mol. The Bertz CT molecular complexity index is 444. The topological polar surface area (TPSA) is 92.4 Å². The lowest BCUT2D eigenvalue weighted by Crippen LogP contribution is -2.40. The van der Waals surface area contributed by atoms with E-state index in [1.54, 1.807) is 18.2 Å². The van der Waals surface area contributed by atoms with Crippen molar-refractivity contribution < 1.29 is 14.7 Å². The first kappa shape index (κ1) is 14.2. The largest absolute Gasteiger partial charge is 0.480 e. The fourth-order valence-corrected chi connectivity index (χ4v) is 1.67. The molecule has 0 fully saturated rings. The van der Waals surface area contributed by atoms with Crippen LogP contribution in [0, 0.1) is 5.92 Å². The van der Waals surface area contributed by atoms with Crippen molar-refractivity contribution in [2.24, 2.45) is 11.7 Å². The smallest absolute Gasteiger partial charge is 0.320 e. The van der Waals surface area contributed by atoms with Gasteiger partial charge in [0, 0.05) is 12.1 Å². The van der Waals surface area contributed by atoms with Gasteiger partial charge < -0.3 is 16.2 Å². The highest BCUT2D eigenvalue weighted by atomic mass is 16.4. The van der Waals surface area contributed by atoms with Crippen molar-refractivity contribution in [2.45, 2.75) is 26.4 Å². The number of carbonyl (C=O) groups is 2. The van der Waals surface area contributed by atoms with E-state index in [-0.39, 0.29) is 5.92 Å². The molecule has 1 unspecified atom stereocenters. The maximum absolute atomic E-state index is 11.0. The molecule has 1 aromatic carbocycles. The van der Waals surface area contributed by atoms with Crippen LogP contribution in [0.4, 0.5) is 0 Å². The van der Waals surface area contributed by atoms with Crippen LogP contribution in [0.1, 0.15) is 29.8 Å². The minimum absolute atomic E-state index is 0.0122. The molecular formula is C13H18N2O3. The number of hydrogen-bond acceptors (Lipinski definition) is 3. The van der Waals surface area contributed by atoms with E-state index in [1.807, 2.05) is 19.9 Å². The quantitative estimate of drug-likeness (QED) is 0.701. The van der Waals surface area contributed by atoms with E-state index in [1.165, 1.54) is 0 Å². The molecule has 98 valence electrons. The molecule has 0 aliphatic carbocycles. The minimum Gasteiger partial charge on any atom is -0.480 e. The molecular weight excluding hydrogens is 232 g/mol. The summed E-state index contributed by atoms with van der Waals surface area (Å²) >= 11 is 0. The number of benzene rings is 1. The van der Waals surface area contributed by atoms with Crippen LogP contribution in [0.25, 0.3) is 0 Å².